The first-order chi connectivity index (χ1) is 26.5. The van der Waals surface area contributed by atoms with Gasteiger partial charge in [-0.1, -0.05) is 35.5 Å². The second-order valence-corrected chi connectivity index (χ2v) is 16.2. The number of likely N-dealkylation sites (tertiary alicyclic amines) is 1. The second kappa shape index (κ2) is 11.7. The number of hydrogen-bond acceptors (Lipinski definition) is 8. The van der Waals surface area contributed by atoms with Gasteiger partial charge in [-0.25, -0.2) is 18.2 Å². The van der Waals surface area contributed by atoms with E-state index in [0.717, 1.165) is 40.0 Å². The summed E-state index contributed by atoms with van der Waals surface area (Å²) >= 11 is 0. The SMILES string of the molecule is [2H]COC1CCC(n2c([C@]34OC5(c6cc(F)c(F)c(F)c6)C6=C(C=C[C@@H]5O)C[C@@H]5[C@H](C=C[C@@H]3O)[C@@]64CCN5C)nc3cc(-c4c(C)noc4C)ccc32)CC1. The molecule has 1 unspecified atom stereocenters. The summed E-state index contributed by atoms with van der Waals surface area (Å²) in [6, 6.07) is 7.77. The quantitative estimate of drug-likeness (QED) is 0.169. The van der Waals surface area contributed by atoms with Crippen LogP contribution in [-0.4, -0.2) is 74.9 Å². The fourth-order valence-electron chi connectivity index (χ4n) is 11.5. The van der Waals surface area contributed by atoms with E-state index >= 15 is 8.78 Å². The number of ether oxygens (including phenoxy) is 2. The number of nitrogens with zero attached hydrogens (tertiary/aromatic N) is 4. The summed E-state index contributed by atoms with van der Waals surface area (Å²) in [5, 5.41) is 29.2. The van der Waals surface area contributed by atoms with Crippen LogP contribution in [0.2, 0.25) is 0 Å². The number of aryl methyl sites for hydroxylation is 2. The first kappa shape index (κ1) is 33.3. The molecule has 4 heterocycles. The Morgan fingerprint density at radius 3 is 2.50 bits per heavy atom. The molecule has 2 bridgehead atoms. The van der Waals surface area contributed by atoms with Crippen molar-refractivity contribution in [2.24, 2.45) is 11.3 Å². The van der Waals surface area contributed by atoms with Crippen molar-refractivity contribution < 1.29 is 38.8 Å². The highest BCUT2D eigenvalue weighted by Gasteiger charge is 2.80. The minimum Gasteiger partial charge on any atom is -0.385 e. The Kier molecular flexibility index (Phi) is 7.22. The molecular formula is C42H43F3N4O5. The molecule has 282 valence electrons. The number of aromatic nitrogens is 3. The van der Waals surface area contributed by atoms with Crippen LogP contribution in [0, 0.1) is 42.6 Å². The van der Waals surface area contributed by atoms with Gasteiger partial charge in [-0.3, -0.25) is 0 Å². The maximum absolute atomic E-state index is 15.4. The van der Waals surface area contributed by atoms with Gasteiger partial charge in [-0.15, -0.1) is 0 Å². The predicted molar refractivity (Wildman–Crippen MR) is 193 cm³/mol. The van der Waals surface area contributed by atoms with E-state index in [0.29, 0.717) is 67.7 Å². The Labute approximate surface area is 312 Å². The molecule has 4 aromatic rings. The molecule has 0 radical (unpaired) electrons. The molecule has 1 spiro atoms. The Bertz CT molecular complexity index is 2310. The smallest absolute Gasteiger partial charge is 0.194 e. The molecule has 6 aliphatic rings. The second-order valence-electron chi connectivity index (χ2n) is 16.2. The van der Waals surface area contributed by atoms with Crippen LogP contribution in [0.3, 0.4) is 0 Å². The third kappa shape index (κ3) is 4.18. The molecule has 9 nitrogen and oxygen atoms in total. The molecule has 2 aromatic heterocycles. The summed E-state index contributed by atoms with van der Waals surface area (Å²) in [6.07, 6.45) is 8.39. The third-order valence-electron chi connectivity index (χ3n) is 13.8. The molecule has 2 saturated heterocycles. The highest BCUT2D eigenvalue weighted by Crippen LogP contribution is 2.76. The predicted octanol–water partition coefficient (Wildman–Crippen LogP) is 6.84. The lowest BCUT2D eigenvalue weighted by Gasteiger charge is -2.61. The van der Waals surface area contributed by atoms with Crippen LogP contribution in [0.25, 0.3) is 22.2 Å². The van der Waals surface area contributed by atoms with E-state index < -0.39 is 46.3 Å². The maximum Gasteiger partial charge on any atom is 0.194 e. The van der Waals surface area contributed by atoms with Crippen LogP contribution >= 0.6 is 0 Å². The van der Waals surface area contributed by atoms with Crippen LogP contribution in [-0.2, 0) is 20.7 Å². The first-order valence-corrected chi connectivity index (χ1v) is 18.8. The number of rotatable bonds is 5. The van der Waals surface area contributed by atoms with Gasteiger partial charge in [-0.2, -0.15) is 0 Å². The van der Waals surface area contributed by atoms with Gasteiger partial charge >= 0.3 is 0 Å². The van der Waals surface area contributed by atoms with E-state index in [4.69, 9.17) is 20.4 Å². The van der Waals surface area contributed by atoms with E-state index in [1.54, 1.807) is 12.2 Å². The summed E-state index contributed by atoms with van der Waals surface area (Å²) in [7, 11) is 1.97. The fourth-order valence-corrected chi connectivity index (χ4v) is 11.5. The molecular weight excluding hydrogens is 697 g/mol. The molecule has 3 fully saturated rings. The average Bonchev–Trinajstić information content (AvgIpc) is 3.82. The topological polar surface area (TPSA) is 106 Å². The van der Waals surface area contributed by atoms with Gasteiger partial charge in [0.1, 0.15) is 29.4 Å². The maximum atomic E-state index is 15.4. The number of fused-ring (bicyclic) bond motifs is 1. The number of methoxy groups -OCH3 is 1. The molecule has 1 saturated carbocycles. The van der Waals surface area contributed by atoms with E-state index in [9.17, 15) is 14.6 Å². The number of aliphatic hydroxyl groups excluding tert-OH is 2. The Hall–Kier alpha value is -4.07. The normalized spacial score (nSPS) is 35.9. The summed E-state index contributed by atoms with van der Waals surface area (Å²) in [5.41, 5.74) is 0.826. The monoisotopic (exact) mass is 741 g/mol. The van der Waals surface area contributed by atoms with E-state index in [1.165, 1.54) is 0 Å². The summed E-state index contributed by atoms with van der Waals surface area (Å²) < 4.78 is 74.1. The Morgan fingerprint density at radius 1 is 1.00 bits per heavy atom. The molecule has 4 aliphatic carbocycles. The van der Waals surface area contributed by atoms with Crippen LogP contribution < -0.4 is 0 Å². The minimum atomic E-state index is -1.88. The largest absolute Gasteiger partial charge is 0.385 e. The number of allylic oxidation sites excluding steroid dienone is 1. The molecule has 2 N–H and O–H groups in total. The summed E-state index contributed by atoms with van der Waals surface area (Å²) in [4.78, 5) is 7.78. The molecule has 7 atom stereocenters. The highest BCUT2D eigenvalue weighted by atomic mass is 19.2. The lowest BCUT2D eigenvalue weighted by atomic mass is 9.46. The van der Waals surface area contributed by atoms with Gasteiger partial charge in [-0.05, 0) is 113 Å². The van der Waals surface area contributed by atoms with Gasteiger partial charge in [0.05, 0.1) is 24.2 Å². The summed E-state index contributed by atoms with van der Waals surface area (Å²) in [5.74, 6) is -3.50. The number of piperidine rings is 1. The highest BCUT2D eigenvalue weighted by molar-refractivity contribution is 5.84. The number of hydrogen-bond donors (Lipinski definition) is 2. The van der Waals surface area contributed by atoms with E-state index in [2.05, 4.69) is 27.7 Å². The molecule has 2 aromatic carbocycles. The standard InChI is InChI=1S/C42H43F3N4O5/c1-21-36(22(2)53-47-21)23-5-12-32-31(17-23)46-39(49(32)26-7-9-27(52-4)10-8-26)42-35(51)14-11-28-33-18-24-6-13-34(50)41(54-42,25-19-29(43)37(45)30(44)20-25)38(24)40(28,42)15-16-48(33)3/h5-6,11-14,17,19-20,26-28,33-35,50-51H,7-10,15-16,18H2,1-4H3/t26?,27?,28-,33+,34-,35-,40-,41?,42+/m0/s1/i4D. The molecule has 54 heavy (non-hydrogen) atoms. The van der Waals surface area contributed by atoms with E-state index in [-0.39, 0.29) is 36.8 Å². The van der Waals surface area contributed by atoms with Crippen molar-refractivity contribution in [3.63, 3.8) is 0 Å². The minimum absolute atomic E-state index is 0.0157. The van der Waals surface area contributed by atoms with Crippen molar-refractivity contribution >= 4 is 11.0 Å². The van der Waals surface area contributed by atoms with Gasteiger partial charge in [0.25, 0.3) is 0 Å². The molecule has 2 aliphatic heterocycles. The zero-order valence-corrected chi connectivity index (χ0v) is 30.4. The number of halogens is 3. The van der Waals surface area contributed by atoms with Crippen molar-refractivity contribution in [1.82, 2.24) is 19.6 Å². The molecule has 0 amide bonds. The van der Waals surface area contributed by atoms with Crippen LogP contribution in [0.1, 0.15) is 68.8 Å². The van der Waals surface area contributed by atoms with Crippen molar-refractivity contribution in [2.75, 3.05) is 20.7 Å². The van der Waals surface area contributed by atoms with Gasteiger partial charge < -0.3 is 33.7 Å². The lowest BCUT2D eigenvalue weighted by Crippen LogP contribution is -2.66. The van der Waals surface area contributed by atoms with Crippen LogP contribution in [0.4, 0.5) is 13.2 Å². The zero-order chi connectivity index (χ0) is 38.2. The van der Waals surface area contributed by atoms with Crippen molar-refractivity contribution in [3.8, 4) is 11.1 Å². The number of benzene rings is 2. The lowest BCUT2D eigenvalue weighted by molar-refractivity contribution is -0.227. The first-order valence-electron chi connectivity index (χ1n) is 19.6. The third-order valence-corrected chi connectivity index (χ3v) is 13.8. The van der Waals surface area contributed by atoms with Crippen molar-refractivity contribution in [1.29, 1.82) is 0 Å². The van der Waals surface area contributed by atoms with Gasteiger partial charge in [0, 0.05) is 36.1 Å². The summed E-state index contributed by atoms with van der Waals surface area (Å²) in [6.45, 7) is 4.37. The van der Waals surface area contributed by atoms with Gasteiger partial charge in [0.15, 0.2) is 23.1 Å². The zero-order valence-electron chi connectivity index (χ0n) is 31.4. The Balaban J connectivity index is 1.29. The number of imidazole rings is 1. The van der Waals surface area contributed by atoms with Crippen molar-refractivity contribution in [2.45, 2.75) is 94.0 Å². The average molecular weight is 742 g/mol. The van der Waals surface area contributed by atoms with Crippen LogP contribution in [0.15, 0.2) is 70.3 Å². The van der Waals surface area contributed by atoms with Crippen molar-refractivity contribution in [3.05, 3.63) is 106 Å². The van der Waals surface area contributed by atoms with Crippen LogP contribution in [0.5, 0.6) is 0 Å². The fraction of sp³-hybridized carbons (Fsp3) is 0.476. The van der Waals surface area contributed by atoms with E-state index in [1.807, 2.05) is 38.1 Å². The Morgan fingerprint density at radius 2 is 1.78 bits per heavy atom. The number of aliphatic hydroxyl groups is 2. The van der Waals surface area contributed by atoms with Gasteiger partial charge in [0.2, 0.25) is 0 Å². The molecule has 10 rings (SSSR count). The molecule has 12 heteroatoms.